The van der Waals surface area contributed by atoms with Crippen molar-refractivity contribution in [2.75, 3.05) is 10.6 Å². The Hall–Kier alpha value is -1.79. The van der Waals surface area contributed by atoms with Crippen LogP contribution in [0, 0.1) is 6.92 Å². The highest BCUT2D eigenvalue weighted by molar-refractivity contribution is 7.80. The number of hydrogen-bond acceptors (Lipinski definition) is 2. The molecule has 26 heavy (non-hydrogen) atoms. The molecule has 8 heteroatoms. The van der Waals surface area contributed by atoms with Crippen LogP contribution in [-0.4, -0.2) is 14.9 Å². The Morgan fingerprint density at radius 3 is 2.65 bits per heavy atom. The van der Waals surface area contributed by atoms with Gasteiger partial charge in [-0.3, -0.25) is 4.68 Å². The van der Waals surface area contributed by atoms with E-state index < -0.39 is 0 Å². The second kappa shape index (κ2) is 8.27. The first-order valence-corrected chi connectivity index (χ1v) is 9.27. The van der Waals surface area contributed by atoms with E-state index >= 15 is 0 Å². The molecule has 2 aromatic carbocycles. The average molecular weight is 426 g/mol. The molecule has 0 bridgehead atoms. The van der Waals surface area contributed by atoms with Crippen molar-refractivity contribution in [2.24, 2.45) is 0 Å². The van der Waals surface area contributed by atoms with Gasteiger partial charge in [-0.25, -0.2) is 0 Å². The number of benzene rings is 2. The summed E-state index contributed by atoms with van der Waals surface area (Å²) in [7, 11) is 0. The maximum absolute atomic E-state index is 6.21. The minimum absolute atomic E-state index is 0.435. The third kappa shape index (κ3) is 4.68. The molecule has 0 aliphatic rings. The average Bonchev–Trinajstić information content (AvgIpc) is 3.01. The van der Waals surface area contributed by atoms with E-state index in [4.69, 9.17) is 47.0 Å². The van der Waals surface area contributed by atoms with Crippen LogP contribution in [0.2, 0.25) is 15.1 Å². The number of nitrogens with one attached hydrogen (secondary N) is 2. The molecular weight excluding hydrogens is 411 g/mol. The fourth-order valence-corrected chi connectivity index (χ4v) is 3.21. The third-order valence-corrected chi connectivity index (χ3v) is 4.95. The Balaban J connectivity index is 1.64. The van der Waals surface area contributed by atoms with E-state index in [0.717, 1.165) is 16.8 Å². The van der Waals surface area contributed by atoms with Gasteiger partial charge in [-0.1, -0.05) is 46.9 Å². The topological polar surface area (TPSA) is 41.9 Å². The number of thiocarbonyl (C=S) groups is 1. The number of rotatable bonds is 4. The van der Waals surface area contributed by atoms with Crippen molar-refractivity contribution in [3.63, 3.8) is 0 Å². The van der Waals surface area contributed by atoms with Crippen LogP contribution >= 0.6 is 47.0 Å². The van der Waals surface area contributed by atoms with Gasteiger partial charge in [0.2, 0.25) is 0 Å². The monoisotopic (exact) mass is 424 g/mol. The lowest BCUT2D eigenvalue weighted by molar-refractivity contribution is 0.690. The van der Waals surface area contributed by atoms with Crippen LogP contribution in [0.5, 0.6) is 0 Å². The molecule has 0 aliphatic carbocycles. The van der Waals surface area contributed by atoms with Gasteiger partial charge in [0.1, 0.15) is 0 Å². The van der Waals surface area contributed by atoms with Crippen LogP contribution in [0.25, 0.3) is 0 Å². The summed E-state index contributed by atoms with van der Waals surface area (Å²) in [4.78, 5) is 0. The molecule has 0 radical (unpaired) electrons. The molecule has 1 aromatic heterocycles. The summed E-state index contributed by atoms with van der Waals surface area (Å²) >= 11 is 23.6. The lowest BCUT2D eigenvalue weighted by atomic mass is 10.2. The molecule has 0 atom stereocenters. The molecule has 0 unspecified atom stereocenters. The van der Waals surface area contributed by atoms with Crippen molar-refractivity contribution >= 4 is 63.6 Å². The predicted molar refractivity (Wildman–Crippen MR) is 114 cm³/mol. The van der Waals surface area contributed by atoms with Crippen LogP contribution in [0.1, 0.15) is 11.1 Å². The molecule has 0 saturated heterocycles. The van der Waals surface area contributed by atoms with Crippen LogP contribution in [0.15, 0.2) is 48.7 Å². The summed E-state index contributed by atoms with van der Waals surface area (Å²) in [6.45, 7) is 2.46. The maximum Gasteiger partial charge on any atom is 0.176 e. The van der Waals surface area contributed by atoms with E-state index in [1.54, 1.807) is 16.8 Å². The van der Waals surface area contributed by atoms with Gasteiger partial charge in [0.25, 0.3) is 0 Å². The zero-order valence-corrected chi connectivity index (χ0v) is 16.8. The Morgan fingerprint density at radius 1 is 1.08 bits per heavy atom. The first-order chi connectivity index (χ1) is 12.4. The SMILES string of the molecule is Cc1c(Cl)cccc1NC(=S)Nc1ccn(Cc2ccc(Cl)cc2Cl)n1. The van der Waals surface area contributed by atoms with E-state index in [2.05, 4.69) is 15.7 Å². The smallest absolute Gasteiger partial charge is 0.176 e. The van der Waals surface area contributed by atoms with Gasteiger partial charge in [-0.15, -0.1) is 0 Å². The summed E-state index contributed by atoms with van der Waals surface area (Å²) in [5.41, 5.74) is 2.71. The number of nitrogens with zero attached hydrogens (tertiary/aromatic N) is 2. The lowest BCUT2D eigenvalue weighted by Gasteiger charge is -2.12. The fourth-order valence-electron chi connectivity index (χ4n) is 2.35. The second-order valence-electron chi connectivity index (χ2n) is 5.63. The molecule has 0 fully saturated rings. The second-order valence-corrected chi connectivity index (χ2v) is 7.28. The van der Waals surface area contributed by atoms with E-state index in [0.29, 0.717) is 32.5 Å². The van der Waals surface area contributed by atoms with Gasteiger partial charge in [-0.05, 0) is 54.5 Å². The number of aromatic nitrogens is 2. The molecule has 4 nitrogen and oxygen atoms in total. The normalized spacial score (nSPS) is 10.6. The fraction of sp³-hybridized carbons (Fsp3) is 0.111. The van der Waals surface area contributed by atoms with E-state index in [1.165, 1.54) is 0 Å². The zero-order chi connectivity index (χ0) is 18.7. The summed E-state index contributed by atoms with van der Waals surface area (Å²) < 4.78 is 1.77. The molecule has 0 spiro atoms. The minimum atomic E-state index is 0.435. The summed E-state index contributed by atoms with van der Waals surface area (Å²) in [5, 5.41) is 13.0. The Morgan fingerprint density at radius 2 is 1.88 bits per heavy atom. The Bertz CT molecular complexity index is 955. The molecule has 0 amide bonds. The Kier molecular flexibility index (Phi) is 6.04. The van der Waals surface area contributed by atoms with Gasteiger partial charge in [-0.2, -0.15) is 5.10 Å². The minimum Gasteiger partial charge on any atom is -0.332 e. The van der Waals surface area contributed by atoms with Crippen LogP contribution in [0.3, 0.4) is 0 Å². The molecule has 2 N–H and O–H groups in total. The van der Waals surface area contributed by atoms with Gasteiger partial charge in [0, 0.05) is 33.0 Å². The molecular formula is C18H15Cl3N4S. The van der Waals surface area contributed by atoms with Crippen molar-refractivity contribution < 1.29 is 0 Å². The van der Waals surface area contributed by atoms with E-state index in [-0.39, 0.29) is 0 Å². The van der Waals surface area contributed by atoms with Gasteiger partial charge in [0.15, 0.2) is 10.9 Å². The molecule has 134 valence electrons. The zero-order valence-electron chi connectivity index (χ0n) is 13.8. The molecule has 0 saturated carbocycles. The maximum atomic E-state index is 6.21. The van der Waals surface area contributed by atoms with Crippen LogP contribution in [0.4, 0.5) is 11.5 Å². The first kappa shape index (κ1) is 19.0. The van der Waals surface area contributed by atoms with Gasteiger partial charge < -0.3 is 10.6 Å². The Labute approximate surface area is 172 Å². The van der Waals surface area contributed by atoms with Crippen molar-refractivity contribution in [3.8, 4) is 0 Å². The van der Waals surface area contributed by atoms with Crippen molar-refractivity contribution in [2.45, 2.75) is 13.5 Å². The third-order valence-electron chi connectivity index (χ3n) is 3.75. The quantitative estimate of drug-likeness (QED) is 0.502. The molecule has 1 heterocycles. The van der Waals surface area contributed by atoms with Crippen LogP contribution < -0.4 is 10.6 Å². The number of halogens is 3. The van der Waals surface area contributed by atoms with E-state index in [9.17, 15) is 0 Å². The highest BCUT2D eigenvalue weighted by Crippen LogP contribution is 2.23. The lowest BCUT2D eigenvalue weighted by Crippen LogP contribution is -2.20. The standard InChI is InChI=1S/C18H15Cl3N4S/c1-11-14(20)3-2-4-16(11)22-18(26)23-17-7-8-25(24-17)10-12-5-6-13(19)9-15(12)21/h2-9H,10H2,1H3,(H2,22,23,24,26). The van der Waals surface area contributed by atoms with Gasteiger partial charge in [0.05, 0.1) is 6.54 Å². The van der Waals surface area contributed by atoms with Crippen molar-refractivity contribution in [1.82, 2.24) is 9.78 Å². The van der Waals surface area contributed by atoms with Crippen molar-refractivity contribution in [3.05, 3.63) is 74.9 Å². The predicted octanol–water partition coefficient (Wildman–Crippen LogP) is 6.01. The highest BCUT2D eigenvalue weighted by atomic mass is 35.5. The number of hydrogen-bond donors (Lipinski definition) is 2. The number of anilines is 2. The largest absolute Gasteiger partial charge is 0.332 e. The summed E-state index contributed by atoms with van der Waals surface area (Å²) in [5.74, 6) is 0.632. The molecule has 3 rings (SSSR count). The summed E-state index contributed by atoms with van der Waals surface area (Å²) in [6, 6.07) is 12.9. The first-order valence-electron chi connectivity index (χ1n) is 7.73. The van der Waals surface area contributed by atoms with E-state index in [1.807, 2.05) is 43.5 Å². The van der Waals surface area contributed by atoms with Gasteiger partial charge >= 0.3 is 0 Å². The highest BCUT2D eigenvalue weighted by Gasteiger charge is 2.07. The summed E-state index contributed by atoms with van der Waals surface area (Å²) in [6.07, 6.45) is 1.85. The molecule has 0 aliphatic heterocycles. The van der Waals surface area contributed by atoms with Crippen LogP contribution in [-0.2, 0) is 6.54 Å². The van der Waals surface area contributed by atoms with Crippen molar-refractivity contribution in [1.29, 1.82) is 0 Å². The molecule has 3 aromatic rings.